The van der Waals surface area contributed by atoms with Gasteiger partial charge < -0.3 is 4.74 Å². The average molecular weight is 131 g/mol. The van der Waals surface area contributed by atoms with E-state index in [0.29, 0.717) is 0 Å². The van der Waals surface area contributed by atoms with Gasteiger partial charge in [0.05, 0.1) is 5.92 Å². The van der Waals surface area contributed by atoms with Crippen LogP contribution in [0.25, 0.3) is 0 Å². The molecule has 0 heterocycles. The number of hydrogen-bond acceptors (Lipinski definition) is 3. The molecular weight excluding hydrogens is 118 g/mol. The Bertz CT molecular complexity index is 99.2. The van der Waals surface area contributed by atoms with Crippen LogP contribution in [0.4, 0.5) is 0 Å². The van der Waals surface area contributed by atoms with Crippen LogP contribution >= 0.6 is 0 Å². The minimum atomic E-state index is -0.486. The van der Waals surface area contributed by atoms with Gasteiger partial charge in [-0.25, -0.2) is 0 Å². The largest absolute Gasteiger partial charge is 0.447 e. The van der Waals surface area contributed by atoms with Crippen molar-refractivity contribution in [2.75, 3.05) is 0 Å². The monoisotopic (exact) mass is 131 g/mol. The molecule has 0 fully saturated rings. The lowest BCUT2D eigenvalue weighted by atomic mass is 10.2. The molecule has 0 saturated carbocycles. The average Bonchev–Trinajstić information content (AvgIpc) is 1.63. The molecule has 9 heavy (non-hydrogen) atoms. The van der Waals surface area contributed by atoms with E-state index in [9.17, 15) is 4.79 Å². The van der Waals surface area contributed by atoms with Gasteiger partial charge in [-0.15, -0.1) is 0 Å². The number of carbonyl (C=O) groups is 1. The van der Waals surface area contributed by atoms with Gasteiger partial charge in [0, 0.05) is 0 Å². The van der Waals surface area contributed by atoms with E-state index in [1.807, 2.05) is 0 Å². The highest BCUT2D eigenvalue weighted by atomic mass is 16.6. The Morgan fingerprint density at radius 3 is 2.00 bits per heavy atom. The van der Waals surface area contributed by atoms with Crippen molar-refractivity contribution in [3.8, 4) is 0 Å². The Morgan fingerprint density at radius 2 is 1.89 bits per heavy atom. The van der Waals surface area contributed by atoms with Crippen molar-refractivity contribution in [2.45, 2.75) is 27.0 Å². The summed E-state index contributed by atoms with van der Waals surface area (Å²) in [6.07, 6.45) is -0.486. The fraction of sp³-hybridized carbons (Fsp3) is 0.833. The lowest BCUT2D eigenvalue weighted by Gasteiger charge is -2.08. The molecule has 0 aromatic rings. The van der Waals surface area contributed by atoms with Gasteiger partial charge in [0.25, 0.3) is 0 Å². The van der Waals surface area contributed by atoms with Crippen molar-refractivity contribution >= 4 is 5.97 Å². The number of nitrogens with two attached hydrogens (primary N) is 1. The van der Waals surface area contributed by atoms with Crippen molar-refractivity contribution in [2.24, 2.45) is 11.7 Å². The van der Waals surface area contributed by atoms with Crippen LogP contribution in [0.15, 0.2) is 0 Å². The van der Waals surface area contributed by atoms with E-state index >= 15 is 0 Å². The Hall–Kier alpha value is -0.570. The van der Waals surface area contributed by atoms with Gasteiger partial charge in [0.15, 0.2) is 0 Å². The van der Waals surface area contributed by atoms with Crippen LogP contribution in [-0.2, 0) is 9.53 Å². The van der Waals surface area contributed by atoms with Crippen LogP contribution in [0.1, 0.15) is 20.8 Å². The first-order chi connectivity index (χ1) is 4.04. The molecule has 2 N–H and O–H groups in total. The second kappa shape index (κ2) is 3.45. The molecule has 0 aromatic carbocycles. The minimum absolute atomic E-state index is 0.0870. The second-order valence-corrected chi connectivity index (χ2v) is 2.30. The summed E-state index contributed by atoms with van der Waals surface area (Å²) in [5.41, 5.74) is 5.19. The summed E-state index contributed by atoms with van der Waals surface area (Å²) in [6, 6.07) is 0. The maximum Gasteiger partial charge on any atom is 0.309 e. The molecule has 1 atom stereocenters. The van der Waals surface area contributed by atoms with Crippen LogP contribution in [-0.4, -0.2) is 12.2 Å². The molecule has 1 unspecified atom stereocenters. The quantitative estimate of drug-likeness (QED) is 0.438. The lowest BCUT2D eigenvalue weighted by Crippen LogP contribution is -2.25. The Balaban J connectivity index is 3.51. The molecule has 3 heteroatoms. The van der Waals surface area contributed by atoms with E-state index < -0.39 is 6.23 Å². The molecule has 0 spiro atoms. The maximum atomic E-state index is 10.7. The number of rotatable bonds is 2. The molecule has 54 valence electrons. The van der Waals surface area contributed by atoms with Crippen molar-refractivity contribution in [1.82, 2.24) is 0 Å². The van der Waals surface area contributed by atoms with E-state index in [1.165, 1.54) is 0 Å². The highest BCUT2D eigenvalue weighted by Gasteiger charge is 2.08. The SMILES string of the molecule is CC(N)OC(=O)C(C)C. The Kier molecular flexibility index (Phi) is 3.24. The summed E-state index contributed by atoms with van der Waals surface area (Å²) < 4.78 is 4.65. The third kappa shape index (κ3) is 3.97. The predicted molar refractivity (Wildman–Crippen MR) is 34.6 cm³/mol. The van der Waals surface area contributed by atoms with Crippen LogP contribution in [0.5, 0.6) is 0 Å². The second-order valence-electron chi connectivity index (χ2n) is 2.30. The van der Waals surface area contributed by atoms with Gasteiger partial charge in [0.1, 0.15) is 6.23 Å². The predicted octanol–water partition coefficient (Wildman–Crippen LogP) is 0.490. The number of hydrogen-bond donors (Lipinski definition) is 1. The van der Waals surface area contributed by atoms with Crippen molar-refractivity contribution in [1.29, 1.82) is 0 Å². The number of carbonyl (C=O) groups excluding carboxylic acids is 1. The molecule has 0 aliphatic carbocycles. The normalized spacial score (nSPS) is 13.4. The fourth-order valence-corrected chi connectivity index (χ4v) is 0.319. The zero-order valence-electron chi connectivity index (χ0n) is 6.05. The number of ether oxygens (including phenoxy) is 1. The summed E-state index contributed by atoms with van der Waals surface area (Å²) in [4.78, 5) is 10.7. The molecule has 0 bridgehead atoms. The molecule has 0 rings (SSSR count). The molecule has 0 saturated heterocycles. The lowest BCUT2D eigenvalue weighted by molar-refractivity contribution is -0.151. The summed E-state index contributed by atoms with van der Waals surface area (Å²) in [5.74, 6) is -0.332. The van der Waals surface area contributed by atoms with Crippen LogP contribution in [0.3, 0.4) is 0 Å². The van der Waals surface area contributed by atoms with Gasteiger partial charge in [-0.1, -0.05) is 13.8 Å². The van der Waals surface area contributed by atoms with Crippen LogP contribution in [0.2, 0.25) is 0 Å². The molecule has 0 radical (unpaired) electrons. The fourth-order valence-electron chi connectivity index (χ4n) is 0.319. The molecule has 3 nitrogen and oxygen atoms in total. The van der Waals surface area contributed by atoms with Crippen LogP contribution < -0.4 is 5.73 Å². The van der Waals surface area contributed by atoms with Gasteiger partial charge >= 0.3 is 5.97 Å². The first kappa shape index (κ1) is 8.43. The molecule has 0 aromatic heterocycles. The summed E-state index contributed by atoms with van der Waals surface area (Å²) >= 11 is 0. The van der Waals surface area contributed by atoms with Gasteiger partial charge in [-0.05, 0) is 6.92 Å². The van der Waals surface area contributed by atoms with Gasteiger partial charge in [-0.2, -0.15) is 0 Å². The van der Waals surface area contributed by atoms with Crippen LogP contribution in [0, 0.1) is 5.92 Å². The molecule has 0 aliphatic heterocycles. The summed E-state index contributed by atoms with van der Waals surface area (Å²) in [5, 5.41) is 0. The van der Waals surface area contributed by atoms with Crippen molar-refractivity contribution < 1.29 is 9.53 Å². The van der Waals surface area contributed by atoms with E-state index in [4.69, 9.17) is 5.73 Å². The summed E-state index contributed by atoms with van der Waals surface area (Å²) in [6.45, 7) is 5.16. The summed E-state index contributed by atoms with van der Waals surface area (Å²) in [7, 11) is 0. The molecule has 0 aliphatic rings. The standard InChI is InChI=1S/C6H13NO2/c1-4(2)6(8)9-5(3)7/h4-5H,7H2,1-3H3. The molecule has 0 amide bonds. The zero-order chi connectivity index (χ0) is 7.44. The third-order valence-corrected chi connectivity index (χ3v) is 0.773. The Morgan fingerprint density at radius 1 is 1.44 bits per heavy atom. The van der Waals surface area contributed by atoms with E-state index in [1.54, 1.807) is 20.8 Å². The van der Waals surface area contributed by atoms with Crippen molar-refractivity contribution in [3.05, 3.63) is 0 Å². The Labute approximate surface area is 55.2 Å². The first-order valence-electron chi connectivity index (χ1n) is 3.00. The smallest absolute Gasteiger partial charge is 0.309 e. The minimum Gasteiger partial charge on any atom is -0.447 e. The third-order valence-electron chi connectivity index (χ3n) is 0.773. The van der Waals surface area contributed by atoms with Gasteiger partial charge in [0.2, 0.25) is 0 Å². The van der Waals surface area contributed by atoms with Gasteiger partial charge in [-0.3, -0.25) is 10.5 Å². The van der Waals surface area contributed by atoms with E-state index in [2.05, 4.69) is 4.74 Å². The topological polar surface area (TPSA) is 52.3 Å². The molecular formula is C6H13NO2. The van der Waals surface area contributed by atoms with E-state index in [0.717, 1.165) is 0 Å². The first-order valence-corrected chi connectivity index (χ1v) is 3.00. The zero-order valence-corrected chi connectivity index (χ0v) is 6.05. The highest BCUT2D eigenvalue weighted by molar-refractivity contribution is 5.71. The number of esters is 1. The highest BCUT2D eigenvalue weighted by Crippen LogP contribution is 1.96. The maximum absolute atomic E-state index is 10.7. The van der Waals surface area contributed by atoms with E-state index in [-0.39, 0.29) is 11.9 Å². The van der Waals surface area contributed by atoms with Crippen molar-refractivity contribution in [3.63, 3.8) is 0 Å².